The van der Waals surface area contributed by atoms with Crippen molar-refractivity contribution in [2.75, 3.05) is 38.5 Å². The van der Waals surface area contributed by atoms with Gasteiger partial charge in [0, 0.05) is 49.5 Å². The van der Waals surface area contributed by atoms with Crippen LogP contribution in [0.25, 0.3) is 22.6 Å². The zero-order chi connectivity index (χ0) is 28.8. The van der Waals surface area contributed by atoms with Gasteiger partial charge in [-0.05, 0) is 62.4 Å². The Morgan fingerprint density at radius 1 is 1.10 bits per heavy atom. The Morgan fingerprint density at radius 2 is 1.93 bits per heavy atom. The van der Waals surface area contributed by atoms with Crippen LogP contribution < -0.4 is 10.6 Å². The topological polar surface area (TPSA) is 104 Å². The summed E-state index contributed by atoms with van der Waals surface area (Å²) in [6.07, 6.45) is 8.37. The van der Waals surface area contributed by atoms with E-state index in [1.165, 1.54) is 28.3 Å². The molecule has 1 aliphatic heterocycles. The molecule has 0 unspecified atom stereocenters. The van der Waals surface area contributed by atoms with E-state index in [4.69, 9.17) is 9.97 Å². The number of carbonyl (C=O) groups excluding carboxylic acids is 1. The molecule has 4 aromatic rings. The van der Waals surface area contributed by atoms with Gasteiger partial charge in [0.2, 0.25) is 5.95 Å². The maximum atomic E-state index is 14.2. The number of piperazine rings is 1. The van der Waals surface area contributed by atoms with E-state index in [9.17, 15) is 9.18 Å². The zero-order valence-corrected chi connectivity index (χ0v) is 23.8. The van der Waals surface area contributed by atoms with Crippen molar-refractivity contribution in [1.82, 2.24) is 39.7 Å². The number of allylic oxidation sites excluding steroid dienone is 1. The summed E-state index contributed by atoms with van der Waals surface area (Å²) in [4.78, 5) is 30.7. The van der Waals surface area contributed by atoms with Crippen molar-refractivity contribution in [2.24, 2.45) is 0 Å². The number of nitrogens with one attached hydrogen (secondary N) is 2. The summed E-state index contributed by atoms with van der Waals surface area (Å²) in [5.41, 5.74) is 7.49. The van der Waals surface area contributed by atoms with Crippen LogP contribution in [0.15, 0.2) is 54.5 Å². The lowest BCUT2D eigenvalue weighted by Crippen LogP contribution is -2.51. The zero-order valence-electron chi connectivity index (χ0n) is 23.8. The first-order valence-corrected chi connectivity index (χ1v) is 14.6. The van der Waals surface area contributed by atoms with Crippen LogP contribution in [0, 0.1) is 5.82 Å². The van der Waals surface area contributed by atoms with E-state index in [2.05, 4.69) is 56.9 Å². The smallest absolute Gasteiger partial charge is 0.317 e. The Bertz CT molecular complexity index is 1690. The van der Waals surface area contributed by atoms with E-state index in [0.717, 1.165) is 50.5 Å². The van der Waals surface area contributed by atoms with E-state index in [0.29, 0.717) is 36.1 Å². The number of halogens is 1. The van der Waals surface area contributed by atoms with Gasteiger partial charge in [-0.15, -0.1) is 0 Å². The van der Waals surface area contributed by atoms with Crippen LogP contribution in [-0.4, -0.2) is 79.7 Å². The predicted octanol–water partition coefficient (Wildman–Crippen LogP) is 4.32. The maximum absolute atomic E-state index is 14.2. The van der Waals surface area contributed by atoms with Gasteiger partial charge >= 0.3 is 6.03 Å². The van der Waals surface area contributed by atoms with Gasteiger partial charge in [0.15, 0.2) is 11.5 Å². The number of benzene rings is 1. The van der Waals surface area contributed by atoms with Gasteiger partial charge in [0.05, 0.1) is 18.4 Å². The van der Waals surface area contributed by atoms with E-state index < -0.39 is 5.82 Å². The van der Waals surface area contributed by atoms with E-state index in [1.807, 2.05) is 11.8 Å². The summed E-state index contributed by atoms with van der Waals surface area (Å²) in [5.74, 6) is 0.417. The first-order valence-electron chi connectivity index (χ1n) is 14.6. The summed E-state index contributed by atoms with van der Waals surface area (Å²) in [5, 5.41) is 11.4. The van der Waals surface area contributed by atoms with Crippen molar-refractivity contribution in [1.29, 1.82) is 0 Å². The van der Waals surface area contributed by atoms with Crippen molar-refractivity contribution in [2.45, 2.75) is 44.7 Å². The highest BCUT2D eigenvalue weighted by molar-refractivity contribution is 5.78. The molecule has 216 valence electrons. The number of amides is 2. The maximum Gasteiger partial charge on any atom is 0.317 e. The minimum atomic E-state index is -0.460. The molecule has 2 N–H and O–H groups in total. The Labute approximate surface area is 243 Å². The molecular formula is C31H34FN9O. The molecule has 0 spiro atoms. The number of likely N-dealkylation sites (N-methyl/N-ethyl adjacent to an activating group) is 1. The molecule has 2 amide bonds. The Hall–Kier alpha value is -4.38. The number of nitrogens with zero attached hydrogens (tertiary/aromatic N) is 7. The molecule has 1 saturated heterocycles. The van der Waals surface area contributed by atoms with Crippen LogP contribution in [0.5, 0.6) is 0 Å². The third-order valence-electron chi connectivity index (χ3n) is 8.71. The second-order valence-electron chi connectivity index (χ2n) is 11.6. The van der Waals surface area contributed by atoms with Crippen molar-refractivity contribution in [3.63, 3.8) is 0 Å². The van der Waals surface area contributed by atoms with Crippen molar-refractivity contribution < 1.29 is 9.18 Å². The van der Waals surface area contributed by atoms with E-state index in [-0.39, 0.29) is 18.1 Å². The molecule has 7 rings (SSSR count). The lowest BCUT2D eigenvalue weighted by Gasteiger charge is -2.33. The Balaban J connectivity index is 1.20. The summed E-state index contributed by atoms with van der Waals surface area (Å²) < 4.78 is 15.9. The number of pyridine rings is 1. The fraction of sp³-hybridized carbons (Fsp3) is 0.387. The summed E-state index contributed by atoms with van der Waals surface area (Å²) in [6, 6.07) is 9.71. The molecule has 42 heavy (non-hydrogen) atoms. The van der Waals surface area contributed by atoms with Gasteiger partial charge in [-0.25, -0.2) is 14.2 Å². The van der Waals surface area contributed by atoms with Crippen LogP contribution in [0.1, 0.15) is 48.9 Å². The second kappa shape index (κ2) is 10.8. The summed E-state index contributed by atoms with van der Waals surface area (Å²) in [6.45, 7) is 4.98. The normalized spacial score (nSPS) is 19.5. The molecule has 4 heterocycles. The number of hydrogen-bond donors (Lipinski definition) is 2. The summed E-state index contributed by atoms with van der Waals surface area (Å²) in [7, 11) is 2.06. The van der Waals surface area contributed by atoms with E-state index in [1.54, 1.807) is 16.9 Å². The van der Waals surface area contributed by atoms with E-state index >= 15 is 0 Å². The molecule has 10 nitrogen and oxygen atoms in total. The molecule has 3 aromatic heterocycles. The fourth-order valence-electron chi connectivity index (χ4n) is 6.31. The first kappa shape index (κ1) is 26.5. The molecule has 0 radical (unpaired) electrons. The number of aromatic nitrogens is 5. The number of hydrogen-bond acceptors (Lipinski definition) is 7. The van der Waals surface area contributed by atoms with Gasteiger partial charge in [0.25, 0.3) is 0 Å². The van der Waals surface area contributed by atoms with Gasteiger partial charge < -0.3 is 20.4 Å². The highest BCUT2D eigenvalue weighted by Crippen LogP contribution is 2.42. The predicted molar refractivity (Wildman–Crippen MR) is 158 cm³/mol. The quantitative estimate of drug-likeness (QED) is 0.370. The average molecular weight is 568 g/mol. The third-order valence-corrected chi connectivity index (χ3v) is 8.71. The molecular weight excluding hydrogens is 533 g/mol. The highest BCUT2D eigenvalue weighted by atomic mass is 19.1. The Morgan fingerprint density at radius 3 is 2.76 bits per heavy atom. The standard InChI is InChI=1S/C31H34FN9O/c1-19(35-31(42)40-11-9-39(2)10-12-40)27-18-34-41-29(27)37-28(22-14-23(32)17-33-16-22)38-30(41)36-24-8-7-21-13-20-5-3-4-6-25(20)26(21)15-24/h3-6,14,16-19,24H,7-13,15H2,1-2H3,(H,35,42)(H,36,37,38)/t19-,24+/m0/s1. The van der Waals surface area contributed by atoms with Crippen molar-refractivity contribution in [3.8, 4) is 11.4 Å². The number of anilines is 1. The molecule has 2 atom stereocenters. The van der Waals surface area contributed by atoms with Crippen LogP contribution in [0.2, 0.25) is 0 Å². The Kier molecular flexibility index (Phi) is 6.81. The van der Waals surface area contributed by atoms with Gasteiger partial charge in [-0.3, -0.25) is 4.98 Å². The lowest BCUT2D eigenvalue weighted by atomic mass is 9.88. The summed E-state index contributed by atoms with van der Waals surface area (Å²) >= 11 is 0. The first-order chi connectivity index (χ1) is 20.4. The molecule has 0 bridgehead atoms. The van der Waals surface area contributed by atoms with Crippen LogP contribution in [0.4, 0.5) is 15.1 Å². The lowest BCUT2D eigenvalue weighted by molar-refractivity contribution is 0.152. The SMILES string of the molecule is C[C@H](NC(=O)N1CCN(C)CC1)c1cnn2c(N[C@@H]3CCC4=C(C3)c3ccccc3C4)nc(-c3cncc(F)c3)nc12. The van der Waals surface area contributed by atoms with Crippen LogP contribution >= 0.6 is 0 Å². The fourth-order valence-corrected chi connectivity index (χ4v) is 6.31. The van der Waals surface area contributed by atoms with Crippen molar-refractivity contribution in [3.05, 3.63) is 77.0 Å². The van der Waals surface area contributed by atoms with Gasteiger partial charge in [-0.2, -0.15) is 14.6 Å². The average Bonchev–Trinajstić information content (AvgIpc) is 3.59. The minimum absolute atomic E-state index is 0.111. The molecule has 2 aliphatic carbocycles. The number of rotatable bonds is 5. The number of fused-ring (bicyclic) bond motifs is 3. The molecule has 0 saturated carbocycles. The molecule has 1 fully saturated rings. The number of urea groups is 1. The largest absolute Gasteiger partial charge is 0.351 e. The van der Waals surface area contributed by atoms with Gasteiger partial charge in [-0.1, -0.05) is 29.8 Å². The van der Waals surface area contributed by atoms with Gasteiger partial charge in [0.1, 0.15) is 5.82 Å². The number of carbonyl (C=O) groups is 1. The molecule has 11 heteroatoms. The molecule has 3 aliphatic rings. The monoisotopic (exact) mass is 567 g/mol. The van der Waals surface area contributed by atoms with Crippen molar-refractivity contribution >= 4 is 23.2 Å². The molecule has 1 aromatic carbocycles. The van der Waals surface area contributed by atoms with Crippen LogP contribution in [-0.2, 0) is 6.42 Å². The second-order valence-corrected chi connectivity index (χ2v) is 11.6. The third kappa shape index (κ3) is 4.98. The van der Waals surface area contributed by atoms with Crippen LogP contribution in [0.3, 0.4) is 0 Å². The minimum Gasteiger partial charge on any atom is -0.351 e. The highest BCUT2D eigenvalue weighted by Gasteiger charge is 2.29.